The topological polar surface area (TPSA) is 29.5 Å². The van der Waals surface area contributed by atoms with Gasteiger partial charge in [0.2, 0.25) is 5.91 Å². The first-order valence-electron chi connectivity index (χ1n) is 4.86. The largest absolute Gasteiger partial charge is 0.456 e. The molecule has 0 heterocycles. The van der Waals surface area contributed by atoms with Gasteiger partial charge in [0.1, 0.15) is 0 Å². The summed E-state index contributed by atoms with van der Waals surface area (Å²) in [4.78, 5) is 13.2. The number of hydrogen-bond donors (Lipinski definition) is 0. The summed E-state index contributed by atoms with van der Waals surface area (Å²) < 4.78 is 5.14. The molecule has 15 heavy (non-hydrogen) atoms. The van der Waals surface area contributed by atoms with E-state index in [0.29, 0.717) is 16.6 Å². The van der Waals surface area contributed by atoms with Crippen LogP contribution in [-0.2, 0) is 9.53 Å². The third kappa shape index (κ3) is 7.08. The lowest BCUT2D eigenvalue weighted by atomic mass is 10.4. The van der Waals surface area contributed by atoms with Gasteiger partial charge in [0, 0.05) is 13.6 Å². The normalized spacial score (nSPS) is 9.53. The Morgan fingerprint density at radius 1 is 1.47 bits per heavy atom. The Hall–Kier alpha value is -0.900. The van der Waals surface area contributed by atoms with Crippen molar-refractivity contribution in [3.63, 3.8) is 0 Å². The van der Waals surface area contributed by atoms with Gasteiger partial charge in [-0.15, -0.1) is 0 Å². The van der Waals surface area contributed by atoms with E-state index in [1.807, 2.05) is 6.92 Å². The fourth-order valence-electron chi connectivity index (χ4n) is 0.936. The summed E-state index contributed by atoms with van der Waals surface area (Å²) in [5.41, 5.74) is 0. The zero-order chi connectivity index (χ0) is 11.8. The number of amides is 1. The molecular formula is C11H19NO2S. The van der Waals surface area contributed by atoms with Crippen molar-refractivity contribution in [2.24, 2.45) is 0 Å². The molecule has 0 atom stereocenters. The molecule has 0 N–H and O–H groups in total. The molecule has 0 aromatic carbocycles. The van der Waals surface area contributed by atoms with Crippen molar-refractivity contribution in [2.45, 2.75) is 20.3 Å². The molecule has 0 aromatic heterocycles. The fourth-order valence-corrected chi connectivity index (χ4v) is 1.64. The van der Waals surface area contributed by atoms with Crippen LogP contribution in [0, 0.1) is 0 Å². The molecule has 0 radical (unpaired) electrons. The van der Waals surface area contributed by atoms with Crippen molar-refractivity contribution >= 4 is 17.7 Å². The second kappa shape index (κ2) is 7.40. The average molecular weight is 229 g/mol. The Bertz CT molecular complexity index is 251. The number of carbonyl (C=O) groups is 1. The van der Waals surface area contributed by atoms with Gasteiger partial charge in [-0.3, -0.25) is 4.79 Å². The summed E-state index contributed by atoms with van der Waals surface area (Å²) in [6.45, 7) is 11.8. The van der Waals surface area contributed by atoms with Gasteiger partial charge in [-0.1, -0.05) is 25.3 Å². The van der Waals surface area contributed by atoms with Crippen molar-refractivity contribution in [1.29, 1.82) is 0 Å². The average Bonchev–Trinajstić information content (AvgIpc) is 2.13. The van der Waals surface area contributed by atoms with Gasteiger partial charge in [-0.2, -0.15) is 0 Å². The smallest absolute Gasteiger partial charge is 0.232 e. The van der Waals surface area contributed by atoms with Crippen molar-refractivity contribution < 1.29 is 9.53 Å². The van der Waals surface area contributed by atoms with Gasteiger partial charge in [0.25, 0.3) is 0 Å². The van der Waals surface area contributed by atoms with Crippen LogP contribution in [0.3, 0.4) is 0 Å². The van der Waals surface area contributed by atoms with Gasteiger partial charge >= 0.3 is 0 Å². The monoisotopic (exact) mass is 229 g/mol. The minimum absolute atomic E-state index is 0.0910. The van der Waals surface area contributed by atoms with E-state index >= 15 is 0 Å². The maximum Gasteiger partial charge on any atom is 0.232 e. The Morgan fingerprint density at radius 3 is 2.53 bits per heavy atom. The van der Waals surface area contributed by atoms with Gasteiger partial charge in [0.05, 0.1) is 11.5 Å². The molecule has 0 saturated heterocycles. The van der Waals surface area contributed by atoms with Crippen molar-refractivity contribution in [3.8, 4) is 0 Å². The SMILES string of the molecule is C=C(C)OC(=C)SCC(=O)N(C)CCC. The number of hydrogen-bond acceptors (Lipinski definition) is 3. The summed E-state index contributed by atoms with van der Waals surface area (Å²) in [6.07, 6.45) is 0.968. The Balaban J connectivity index is 3.80. The lowest BCUT2D eigenvalue weighted by Crippen LogP contribution is -2.28. The Labute approximate surface area is 96.2 Å². The Kier molecular flexibility index (Phi) is 6.96. The molecule has 0 fully saturated rings. The minimum atomic E-state index is 0.0910. The minimum Gasteiger partial charge on any atom is -0.456 e. The van der Waals surface area contributed by atoms with Crippen LogP contribution in [0.25, 0.3) is 0 Å². The van der Waals surface area contributed by atoms with Crippen LogP contribution in [0.5, 0.6) is 0 Å². The number of carbonyl (C=O) groups excluding carboxylic acids is 1. The molecule has 0 spiro atoms. The highest BCUT2D eigenvalue weighted by atomic mass is 32.2. The first-order chi connectivity index (χ1) is 6.97. The molecule has 0 aliphatic carbocycles. The maximum atomic E-state index is 11.5. The second-order valence-electron chi connectivity index (χ2n) is 3.28. The number of nitrogens with zero attached hydrogens (tertiary/aromatic N) is 1. The number of ether oxygens (including phenoxy) is 1. The van der Waals surface area contributed by atoms with Crippen LogP contribution in [0.4, 0.5) is 0 Å². The van der Waals surface area contributed by atoms with Crippen LogP contribution in [0.1, 0.15) is 20.3 Å². The van der Waals surface area contributed by atoms with Crippen molar-refractivity contribution in [3.05, 3.63) is 24.0 Å². The van der Waals surface area contributed by atoms with Crippen LogP contribution in [0.15, 0.2) is 24.0 Å². The summed E-state index contributed by atoms with van der Waals surface area (Å²) in [6, 6.07) is 0. The number of allylic oxidation sites excluding steroid dienone is 1. The van der Waals surface area contributed by atoms with E-state index in [1.165, 1.54) is 11.8 Å². The van der Waals surface area contributed by atoms with E-state index in [9.17, 15) is 4.79 Å². The molecule has 0 unspecified atom stereocenters. The standard InChI is InChI=1S/C11H19NO2S/c1-6-7-12(5)11(13)8-15-10(4)14-9(2)3/h2,4,6-8H2,1,3,5H3. The van der Waals surface area contributed by atoms with Crippen molar-refractivity contribution in [2.75, 3.05) is 19.3 Å². The quantitative estimate of drug-likeness (QED) is 0.628. The summed E-state index contributed by atoms with van der Waals surface area (Å²) >= 11 is 1.30. The predicted octanol–water partition coefficient (Wildman–Crippen LogP) is 2.61. The van der Waals surface area contributed by atoms with E-state index in [1.54, 1.807) is 18.9 Å². The lowest BCUT2D eigenvalue weighted by molar-refractivity contribution is -0.127. The second-order valence-corrected chi connectivity index (χ2v) is 4.31. The molecule has 4 heteroatoms. The van der Waals surface area contributed by atoms with Gasteiger partial charge in [-0.05, 0) is 19.9 Å². The maximum absolute atomic E-state index is 11.5. The van der Waals surface area contributed by atoms with E-state index in [2.05, 4.69) is 13.2 Å². The summed E-state index contributed by atoms with van der Waals surface area (Å²) in [7, 11) is 1.80. The zero-order valence-corrected chi connectivity index (χ0v) is 10.5. The first-order valence-corrected chi connectivity index (χ1v) is 5.85. The predicted molar refractivity (Wildman–Crippen MR) is 65.4 cm³/mol. The van der Waals surface area contributed by atoms with E-state index in [4.69, 9.17) is 4.74 Å². The molecule has 1 amide bonds. The van der Waals surface area contributed by atoms with Crippen LogP contribution >= 0.6 is 11.8 Å². The van der Waals surface area contributed by atoms with E-state index in [-0.39, 0.29) is 5.91 Å². The molecule has 0 aliphatic rings. The van der Waals surface area contributed by atoms with E-state index < -0.39 is 0 Å². The molecule has 86 valence electrons. The highest BCUT2D eigenvalue weighted by Gasteiger charge is 2.08. The number of rotatable bonds is 7. The van der Waals surface area contributed by atoms with E-state index in [0.717, 1.165) is 13.0 Å². The first kappa shape index (κ1) is 14.1. The molecule has 0 saturated carbocycles. The molecular weight excluding hydrogens is 210 g/mol. The zero-order valence-electron chi connectivity index (χ0n) is 9.71. The molecule has 0 aliphatic heterocycles. The lowest BCUT2D eigenvalue weighted by Gasteiger charge is -2.16. The Morgan fingerprint density at radius 2 is 2.07 bits per heavy atom. The highest BCUT2D eigenvalue weighted by Crippen LogP contribution is 2.17. The van der Waals surface area contributed by atoms with Gasteiger partial charge < -0.3 is 9.64 Å². The van der Waals surface area contributed by atoms with Crippen LogP contribution in [0.2, 0.25) is 0 Å². The van der Waals surface area contributed by atoms with Gasteiger partial charge in [-0.25, -0.2) is 0 Å². The third-order valence-corrected chi connectivity index (χ3v) is 2.43. The number of thioether (sulfide) groups is 1. The molecule has 0 rings (SSSR count). The van der Waals surface area contributed by atoms with Crippen molar-refractivity contribution in [1.82, 2.24) is 4.90 Å². The third-order valence-electron chi connectivity index (χ3n) is 1.63. The molecule has 3 nitrogen and oxygen atoms in total. The summed E-state index contributed by atoms with van der Waals surface area (Å²) in [5, 5.41) is 0.515. The molecule has 0 bridgehead atoms. The van der Waals surface area contributed by atoms with Crippen LogP contribution < -0.4 is 0 Å². The highest BCUT2D eigenvalue weighted by molar-refractivity contribution is 8.03. The van der Waals surface area contributed by atoms with Gasteiger partial charge in [0.15, 0.2) is 5.09 Å². The fraction of sp³-hybridized carbons (Fsp3) is 0.545. The summed E-state index contributed by atoms with van der Waals surface area (Å²) in [5.74, 6) is 1.04. The molecule has 0 aromatic rings. The van der Waals surface area contributed by atoms with Crippen LogP contribution in [-0.4, -0.2) is 30.2 Å².